The Bertz CT molecular complexity index is 557. The van der Waals surface area contributed by atoms with Crippen LogP contribution >= 0.6 is 0 Å². The van der Waals surface area contributed by atoms with Gasteiger partial charge < -0.3 is 10.1 Å². The molecule has 118 valence electrons. The molecule has 1 N–H and O–H groups in total. The molecule has 1 aromatic rings. The number of sulfonamides is 1. The van der Waals surface area contributed by atoms with Crippen LogP contribution in [-0.4, -0.2) is 45.1 Å². The van der Waals surface area contributed by atoms with Gasteiger partial charge in [0.05, 0.1) is 17.6 Å². The fraction of sp³-hybridized carbons (Fsp3) is 0.600. The fourth-order valence-electron chi connectivity index (χ4n) is 2.51. The van der Waals surface area contributed by atoms with E-state index < -0.39 is 10.0 Å². The molecule has 5 nitrogen and oxygen atoms in total. The number of hydrogen-bond acceptors (Lipinski definition) is 4. The van der Waals surface area contributed by atoms with Crippen molar-refractivity contribution in [2.24, 2.45) is 0 Å². The Morgan fingerprint density at radius 2 is 2.05 bits per heavy atom. The van der Waals surface area contributed by atoms with Crippen molar-refractivity contribution in [1.29, 1.82) is 0 Å². The van der Waals surface area contributed by atoms with Crippen molar-refractivity contribution in [3.05, 3.63) is 29.8 Å². The molecular weight excluding hydrogens is 288 g/mol. The molecule has 1 aliphatic rings. The third-order valence-electron chi connectivity index (χ3n) is 3.73. The Balaban J connectivity index is 2.17. The second-order valence-electron chi connectivity index (χ2n) is 5.39. The maximum atomic E-state index is 12.6. The lowest BCUT2D eigenvalue weighted by Crippen LogP contribution is -2.44. The lowest BCUT2D eigenvalue weighted by molar-refractivity contribution is 0.0102. The molecule has 1 aliphatic heterocycles. The van der Waals surface area contributed by atoms with E-state index in [4.69, 9.17) is 4.74 Å². The normalized spacial score (nSPS) is 22.1. The van der Waals surface area contributed by atoms with Crippen LogP contribution in [0, 0.1) is 0 Å². The van der Waals surface area contributed by atoms with Crippen LogP contribution in [0.15, 0.2) is 29.2 Å². The highest BCUT2D eigenvalue weighted by Crippen LogP contribution is 2.21. The van der Waals surface area contributed by atoms with E-state index in [0.29, 0.717) is 24.6 Å². The van der Waals surface area contributed by atoms with Crippen molar-refractivity contribution in [2.45, 2.75) is 37.8 Å². The van der Waals surface area contributed by atoms with Gasteiger partial charge in [0, 0.05) is 19.1 Å². The first-order chi connectivity index (χ1) is 9.95. The monoisotopic (exact) mass is 312 g/mol. The summed E-state index contributed by atoms with van der Waals surface area (Å²) in [6.45, 7) is 8.18. The summed E-state index contributed by atoms with van der Waals surface area (Å²) in [5.41, 5.74) is 1.09. The minimum absolute atomic E-state index is 0.0541. The summed E-state index contributed by atoms with van der Waals surface area (Å²) in [6.07, 6.45) is -0.0541. The smallest absolute Gasteiger partial charge is 0.243 e. The molecule has 0 aliphatic carbocycles. The zero-order valence-corrected chi connectivity index (χ0v) is 13.7. The average molecular weight is 312 g/mol. The van der Waals surface area contributed by atoms with Gasteiger partial charge in [-0.2, -0.15) is 4.31 Å². The largest absolute Gasteiger partial charge is 0.376 e. The average Bonchev–Trinajstić information content (AvgIpc) is 2.47. The highest BCUT2D eigenvalue weighted by Gasteiger charge is 2.29. The minimum atomic E-state index is -3.42. The Labute approximate surface area is 127 Å². The van der Waals surface area contributed by atoms with E-state index in [9.17, 15) is 8.42 Å². The van der Waals surface area contributed by atoms with Crippen LogP contribution in [0.5, 0.6) is 0 Å². The summed E-state index contributed by atoms with van der Waals surface area (Å²) in [4.78, 5) is 0.351. The van der Waals surface area contributed by atoms with Crippen LogP contribution in [0.1, 0.15) is 32.4 Å². The van der Waals surface area contributed by atoms with Crippen molar-refractivity contribution in [3.8, 4) is 0 Å². The molecule has 0 saturated carbocycles. The van der Waals surface area contributed by atoms with Gasteiger partial charge in [-0.3, -0.25) is 0 Å². The van der Waals surface area contributed by atoms with Gasteiger partial charge in [0.25, 0.3) is 0 Å². The SMILES string of the molecule is CCNC(C)c1ccc(S(=O)(=O)N2CCOC(C)C2)cc1. The van der Waals surface area contributed by atoms with Crippen molar-refractivity contribution in [2.75, 3.05) is 26.2 Å². The number of ether oxygens (including phenoxy) is 1. The van der Waals surface area contributed by atoms with Gasteiger partial charge in [0.2, 0.25) is 10.0 Å². The van der Waals surface area contributed by atoms with Gasteiger partial charge in [-0.15, -0.1) is 0 Å². The van der Waals surface area contributed by atoms with Gasteiger partial charge in [0.1, 0.15) is 0 Å². The number of hydrogen-bond donors (Lipinski definition) is 1. The Hall–Kier alpha value is -0.950. The van der Waals surface area contributed by atoms with Crippen molar-refractivity contribution < 1.29 is 13.2 Å². The number of benzene rings is 1. The molecular formula is C15H24N2O3S. The summed E-state index contributed by atoms with van der Waals surface area (Å²) in [5, 5.41) is 3.31. The molecule has 0 spiro atoms. The predicted molar refractivity (Wildman–Crippen MR) is 82.7 cm³/mol. The lowest BCUT2D eigenvalue weighted by Gasteiger charge is -2.30. The van der Waals surface area contributed by atoms with Crippen LogP contribution < -0.4 is 5.32 Å². The summed E-state index contributed by atoms with van der Waals surface area (Å²) in [5.74, 6) is 0. The van der Waals surface area contributed by atoms with E-state index in [1.54, 1.807) is 12.1 Å². The van der Waals surface area contributed by atoms with Crippen LogP contribution in [0.4, 0.5) is 0 Å². The van der Waals surface area contributed by atoms with Crippen LogP contribution in [0.2, 0.25) is 0 Å². The van der Waals surface area contributed by atoms with E-state index in [-0.39, 0.29) is 12.1 Å². The van der Waals surface area contributed by atoms with Crippen LogP contribution in [-0.2, 0) is 14.8 Å². The number of morpholine rings is 1. The highest BCUT2D eigenvalue weighted by molar-refractivity contribution is 7.89. The first-order valence-corrected chi connectivity index (χ1v) is 8.84. The Kier molecular flexibility index (Phi) is 5.37. The van der Waals surface area contributed by atoms with E-state index in [0.717, 1.165) is 12.1 Å². The zero-order chi connectivity index (χ0) is 15.5. The van der Waals surface area contributed by atoms with Crippen molar-refractivity contribution in [1.82, 2.24) is 9.62 Å². The summed E-state index contributed by atoms with van der Waals surface area (Å²) >= 11 is 0. The molecule has 21 heavy (non-hydrogen) atoms. The molecule has 0 bridgehead atoms. The lowest BCUT2D eigenvalue weighted by atomic mass is 10.1. The molecule has 1 fully saturated rings. The van der Waals surface area contributed by atoms with Crippen LogP contribution in [0.25, 0.3) is 0 Å². The topological polar surface area (TPSA) is 58.6 Å². The molecule has 1 saturated heterocycles. The standard InChI is InChI=1S/C15H24N2O3S/c1-4-16-13(3)14-5-7-15(8-6-14)21(18,19)17-9-10-20-12(2)11-17/h5-8,12-13,16H,4,9-11H2,1-3H3. The quantitative estimate of drug-likeness (QED) is 0.900. The van der Waals surface area contributed by atoms with Gasteiger partial charge in [-0.05, 0) is 38.1 Å². The van der Waals surface area contributed by atoms with E-state index in [1.807, 2.05) is 19.1 Å². The number of nitrogens with one attached hydrogen (secondary N) is 1. The molecule has 2 unspecified atom stereocenters. The second kappa shape index (κ2) is 6.87. The third kappa shape index (κ3) is 3.83. The summed E-state index contributed by atoms with van der Waals surface area (Å²) < 4.78 is 32.1. The van der Waals surface area contributed by atoms with Gasteiger partial charge in [-0.25, -0.2) is 8.42 Å². The summed E-state index contributed by atoms with van der Waals surface area (Å²) in [6, 6.07) is 7.36. The zero-order valence-electron chi connectivity index (χ0n) is 12.9. The van der Waals surface area contributed by atoms with E-state index in [2.05, 4.69) is 19.2 Å². The van der Waals surface area contributed by atoms with Gasteiger partial charge in [0.15, 0.2) is 0 Å². The molecule has 1 heterocycles. The minimum Gasteiger partial charge on any atom is -0.376 e. The number of nitrogens with zero attached hydrogens (tertiary/aromatic N) is 1. The van der Waals surface area contributed by atoms with E-state index in [1.165, 1.54) is 4.31 Å². The van der Waals surface area contributed by atoms with Crippen molar-refractivity contribution in [3.63, 3.8) is 0 Å². The predicted octanol–water partition coefficient (Wildman–Crippen LogP) is 1.77. The third-order valence-corrected chi connectivity index (χ3v) is 5.61. The van der Waals surface area contributed by atoms with Crippen LogP contribution in [0.3, 0.4) is 0 Å². The molecule has 1 aromatic carbocycles. The number of rotatable bonds is 5. The molecule has 0 aromatic heterocycles. The maximum absolute atomic E-state index is 12.6. The molecule has 0 amide bonds. The molecule has 0 radical (unpaired) electrons. The molecule has 2 atom stereocenters. The Morgan fingerprint density at radius 3 is 2.62 bits per heavy atom. The summed E-state index contributed by atoms with van der Waals surface area (Å²) in [7, 11) is -3.42. The maximum Gasteiger partial charge on any atom is 0.243 e. The van der Waals surface area contributed by atoms with Gasteiger partial charge >= 0.3 is 0 Å². The molecule has 2 rings (SSSR count). The van der Waals surface area contributed by atoms with E-state index >= 15 is 0 Å². The first kappa shape index (κ1) is 16.4. The highest BCUT2D eigenvalue weighted by atomic mass is 32.2. The second-order valence-corrected chi connectivity index (χ2v) is 7.33. The Morgan fingerprint density at radius 1 is 1.38 bits per heavy atom. The fourth-order valence-corrected chi connectivity index (χ4v) is 4.01. The molecule has 6 heteroatoms. The van der Waals surface area contributed by atoms with Crippen molar-refractivity contribution >= 4 is 10.0 Å². The first-order valence-electron chi connectivity index (χ1n) is 7.40. The van der Waals surface area contributed by atoms with Gasteiger partial charge in [-0.1, -0.05) is 19.1 Å².